The normalized spacial score (nSPS) is 20.3. The first-order chi connectivity index (χ1) is 13.9. The molecule has 2 aromatic rings. The molecule has 10 heteroatoms. The molecule has 0 radical (unpaired) electrons. The van der Waals surface area contributed by atoms with Crippen LogP contribution in [0, 0.1) is 5.41 Å². The van der Waals surface area contributed by atoms with E-state index in [1.165, 1.54) is 6.26 Å². The van der Waals surface area contributed by atoms with Crippen LogP contribution in [0.2, 0.25) is 0 Å². The first-order valence-electron chi connectivity index (χ1n) is 9.27. The van der Waals surface area contributed by atoms with Gasteiger partial charge in [-0.05, 0) is 37.1 Å². The van der Waals surface area contributed by atoms with E-state index in [1.807, 2.05) is 0 Å². The number of aliphatic imine (C=N–C) groups is 2. The second-order valence-electron chi connectivity index (χ2n) is 6.74. The number of aromatic nitrogens is 1. The van der Waals surface area contributed by atoms with E-state index >= 15 is 0 Å². The van der Waals surface area contributed by atoms with Gasteiger partial charge in [-0.25, -0.2) is 9.98 Å². The summed E-state index contributed by atoms with van der Waals surface area (Å²) in [6.07, 6.45) is 6.85. The molecule has 10 nitrogen and oxygen atoms in total. The van der Waals surface area contributed by atoms with Crippen molar-refractivity contribution in [2.75, 3.05) is 5.32 Å². The van der Waals surface area contributed by atoms with Crippen molar-refractivity contribution in [3.8, 4) is 11.5 Å². The van der Waals surface area contributed by atoms with Crippen LogP contribution in [0.1, 0.15) is 25.7 Å². The minimum absolute atomic E-state index is 0.0581. The predicted molar refractivity (Wildman–Crippen MR) is 112 cm³/mol. The lowest BCUT2D eigenvalue weighted by Gasteiger charge is -2.25. The molecule has 8 N–H and O–H groups in total. The summed E-state index contributed by atoms with van der Waals surface area (Å²) in [6, 6.07) is 6.81. The van der Waals surface area contributed by atoms with Crippen LogP contribution in [0.15, 0.2) is 51.1 Å². The maximum absolute atomic E-state index is 11.5. The summed E-state index contributed by atoms with van der Waals surface area (Å²) < 4.78 is 5.25. The molecule has 1 fully saturated rings. The van der Waals surface area contributed by atoms with Crippen LogP contribution in [0.5, 0.6) is 0 Å². The average Bonchev–Trinajstić information content (AvgIpc) is 3.24. The number of guanidine groups is 1. The van der Waals surface area contributed by atoms with Crippen LogP contribution in [-0.4, -0.2) is 40.5 Å². The summed E-state index contributed by atoms with van der Waals surface area (Å²) in [7, 11) is 0. The molecule has 1 saturated carbocycles. The van der Waals surface area contributed by atoms with Gasteiger partial charge in [0.25, 0.3) is 5.91 Å². The second kappa shape index (κ2) is 9.11. The summed E-state index contributed by atoms with van der Waals surface area (Å²) in [5.74, 6) is -0.602. The van der Waals surface area contributed by atoms with Gasteiger partial charge in [-0.15, -0.1) is 0 Å². The van der Waals surface area contributed by atoms with Crippen molar-refractivity contribution in [2.45, 2.75) is 37.8 Å². The molecule has 0 unspecified atom stereocenters. The molecule has 1 aromatic heterocycles. The van der Waals surface area contributed by atoms with Gasteiger partial charge >= 0.3 is 0 Å². The molecule has 0 saturated heterocycles. The van der Waals surface area contributed by atoms with Crippen LogP contribution >= 0.6 is 0 Å². The second-order valence-corrected chi connectivity index (χ2v) is 6.74. The Kier molecular flexibility index (Phi) is 6.35. The Bertz CT molecular complexity index is 918. The summed E-state index contributed by atoms with van der Waals surface area (Å²) in [5.41, 5.74) is 18.1. The lowest BCUT2D eigenvalue weighted by Crippen LogP contribution is -2.38. The average molecular weight is 396 g/mol. The van der Waals surface area contributed by atoms with Gasteiger partial charge in [0.05, 0.1) is 12.2 Å². The largest absolute Gasteiger partial charge is 0.445 e. The van der Waals surface area contributed by atoms with Gasteiger partial charge in [-0.2, -0.15) is 4.99 Å². The summed E-state index contributed by atoms with van der Waals surface area (Å²) >= 11 is 0. The fourth-order valence-electron chi connectivity index (χ4n) is 3.08. The molecule has 0 bridgehead atoms. The van der Waals surface area contributed by atoms with Crippen molar-refractivity contribution in [1.82, 2.24) is 4.98 Å². The fraction of sp³-hybridized carbons (Fsp3) is 0.316. The third kappa shape index (κ3) is 5.26. The molecule has 2 atom stereocenters. The number of rotatable bonds is 5. The number of carbonyl (C=O) groups is 1. The monoisotopic (exact) mass is 396 g/mol. The summed E-state index contributed by atoms with van der Waals surface area (Å²) in [4.78, 5) is 24.1. The molecule has 1 aromatic carbocycles. The number of oxazole rings is 1. The molecule has 152 valence electrons. The highest BCUT2D eigenvalue weighted by atomic mass is 16.3. The minimum Gasteiger partial charge on any atom is -0.445 e. The standard InChI is InChI=1S/C19H24N8O2/c20-13-3-1-2-4-14(13)26-19(23)27-17(15(21)16(22)28)25-12-7-5-11(6-8-12)18-24-9-10-29-18/h5-10,13-14,21H,1-4,20H2,(H2,22,28)(H3,23,25,26,27)/t13-,14+/m0/s1. The zero-order valence-electron chi connectivity index (χ0n) is 15.8. The molecule has 1 amide bonds. The minimum atomic E-state index is -0.935. The number of primary amides is 1. The van der Waals surface area contributed by atoms with Gasteiger partial charge in [-0.3, -0.25) is 10.2 Å². The SMILES string of the molecule is N=C(C(N)=O)C(=NC(N)=N[C@@H]1CCCC[C@@H]1N)Nc1ccc(-c2ncco2)cc1. The summed E-state index contributed by atoms with van der Waals surface area (Å²) in [6.45, 7) is 0. The molecule has 0 aliphatic heterocycles. The van der Waals surface area contributed by atoms with Gasteiger partial charge in [0.2, 0.25) is 11.9 Å². The first-order valence-corrected chi connectivity index (χ1v) is 9.27. The Morgan fingerprint density at radius 3 is 2.55 bits per heavy atom. The lowest BCUT2D eigenvalue weighted by molar-refractivity contribution is -0.111. The van der Waals surface area contributed by atoms with E-state index < -0.39 is 11.6 Å². The van der Waals surface area contributed by atoms with Crippen LogP contribution in [0.4, 0.5) is 5.69 Å². The fourth-order valence-corrected chi connectivity index (χ4v) is 3.08. The van der Waals surface area contributed by atoms with Crippen LogP contribution < -0.4 is 22.5 Å². The third-order valence-electron chi connectivity index (χ3n) is 4.62. The smallest absolute Gasteiger partial charge is 0.270 e. The van der Waals surface area contributed by atoms with E-state index in [-0.39, 0.29) is 23.9 Å². The van der Waals surface area contributed by atoms with Crippen molar-refractivity contribution in [3.63, 3.8) is 0 Å². The highest BCUT2D eigenvalue weighted by molar-refractivity contribution is 6.67. The number of nitrogens with zero attached hydrogens (tertiary/aromatic N) is 3. The van der Waals surface area contributed by atoms with Gasteiger partial charge in [0.1, 0.15) is 6.26 Å². The van der Waals surface area contributed by atoms with Crippen molar-refractivity contribution >= 4 is 29.1 Å². The highest BCUT2D eigenvalue weighted by Gasteiger charge is 2.22. The third-order valence-corrected chi connectivity index (χ3v) is 4.62. The van der Waals surface area contributed by atoms with Crippen molar-refractivity contribution in [1.29, 1.82) is 5.41 Å². The van der Waals surface area contributed by atoms with E-state index in [2.05, 4.69) is 20.3 Å². The van der Waals surface area contributed by atoms with Gasteiger partial charge in [0, 0.05) is 17.3 Å². The molecular formula is C19H24N8O2. The molecule has 29 heavy (non-hydrogen) atoms. The van der Waals surface area contributed by atoms with Crippen LogP contribution in [0.25, 0.3) is 11.5 Å². The van der Waals surface area contributed by atoms with E-state index in [0.717, 1.165) is 31.2 Å². The van der Waals surface area contributed by atoms with Gasteiger partial charge in [0.15, 0.2) is 11.5 Å². The molecule has 1 aliphatic rings. The molecule has 3 rings (SSSR count). The Morgan fingerprint density at radius 2 is 1.93 bits per heavy atom. The maximum atomic E-state index is 11.5. The Labute approximate surface area is 167 Å². The molecular weight excluding hydrogens is 372 g/mol. The predicted octanol–water partition coefficient (Wildman–Crippen LogP) is 1.24. The number of hydrogen-bond acceptors (Lipinski definition) is 6. The number of benzene rings is 1. The number of nitrogens with two attached hydrogens (primary N) is 3. The van der Waals surface area contributed by atoms with Crippen LogP contribution in [-0.2, 0) is 4.79 Å². The van der Waals surface area contributed by atoms with E-state index in [9.17, 15) is 4.79 Å². The van der Waals surface area contributed by atoms with Crippen molar-refractivity contribution in [3.05, 3.63) is 36.7 Å². The molecule has 1 aliphatic carbocycles. The highest BCUT2D eigenvalue weighted by Crippen LogP contribution is 2.21. The number of nitrogens with one attached hydrogen (secondary N) is 2. The number of amides is 1. The van der Waals surface area contributed by atoms with Gasteiger partial charge < -0.3 is 26.9 Å². The zero-order valence-corrected chi connectivity index (χ0v) is 15.8. The number of amidine groups is 1. The van der Waals surface area contributed by atoms with Crippen molar-refractivity contribution < 1.29 is 9.21 Å². The lowest BCUT2D eigenvalue weighted by atomic mass is 9.91. The first kappa shape index (κ1) is 20.2. The quantitative estimate of drug-likeness (QED) is 0.374. The maximum Gasteiger partial charge on any atom is 0.270 e. The Balaban J connectivity index is 1.80. The van der Waals surface area contributed by atoms with E-state index in [1.54, 1.807) is 30.5 Å². The number of carbonyl (C=O) groups excluding carboxylic acids is 1. The summed E-state index contributed by atoms with van der Waals surface area (Å²) in [5, 5.41) is 10.8. The Hall–Kier alpha value is -3.53. The van der Waals surface area contributed by atoms with Crippen LogP contribution in [0.3, 0.4) is 0 Å². The number of hydrogen-bond donors (Lipinski definition) is 5. The zero-order chi connectivity index (χ0) is 20.8. The topological polar surface area (TPSA) is 182 Å². The molecule has 1 heterocycles. The number of anilines is 1. The van der Waals surface area contributed by atoms with Gasteiger partial charge in [-0.1, -0.05) is 12.8 Å². The van der Waals surface area contributed by atoms with E-state index in [4.69, 9.17) is 27.0 Å². The van der Waals surface area contributed by atoms with E-state index in [0.29, 0.717) is 11.6 Å². The Morgan fingerprint density at radius 1 is 1.21 bits per heavy atom. The van der Waals surface area contributed by atoms with Crippen molar-refractivity contribution in [2.24, 2.45) is 27.2 Å². The molecule has 0 spiro atoms.